The third-order valence-electron chi connectivity index (χ3n) is 5.93. The van der Waals surface area contributed by atoms with Crippen molar-refractivity contribution in [2.24, 2.45) is 0 Å². The molecule has 9 nitrogen and oxygen atoms in total. The number of aliphatic carboxylic acids is 1. The van der Waals surface area contributed by atoms with E-state index in [-0.39, 0.29) is 5.76 Å². The average Bonchev–Trinajstić information content (AvgIpc) is 3.60. The van der Waals surface area contributed by atoms with Crippen LogP contribution in [0.5, 0.6) is 0 Å². The van der Waals surface area contributed by atoms with E-state index >= 15 is 0 Å². The minimum Gasteiger partial charge on any atom is -0.480 e. The summed E-state index contributed by atoms with van der Waals surface area (Å²) in [5.74, 6) is -0.494. The van der Waals surface area contributed by atoms with E-state index in [1.807, 2.05) is 47.2 Å². The number of thioether (sulfide) groups is 1. The van der Waals surface area contributed by atoms with E-state index in [2.05, 4.69) is 21.7 Å². The van der Waals surface area contributed by atoms with Gasteiger partial charge in [0.15, 0.2) is 5.76 Å². The van der Waals surface area contributed by atoms with Crippen molar-refractivity contribution in [3.8, 4) is 17.4 Å². The van der Waals surface area contributed by atoms with Crippen LogP contribution >= 0.6 is 11.8 Å². The molecule has 0 bridgehead atoms. The quantitative estimate of drug-likeness (QED) is 0.242. The summed E-state index contributed by atoms with van der Waals surface area (Å²) in [6, 6.07) is 19.4. The van der Waals surface area contributed by atoms with Crippen LogP contribution in [0.4, 0.5) is 5.69 Å². The molecule has 0 aliphatic carbocycles. The lowest BCUT2D eigenvalue weighted by Crippen LogP contribution is -2.41. The minimum absolute atomic E-state index is 0.0469. The van der Waals surface area contributed by atoms with E-state index in [0.29, 0.717) is 36.6 Å². The molecule has 2 heterocycles. The highest BCUT2D eigenvalue weighted by Gasteiger charge is 2.22. The second kappa shape index (κ2) is 12.7. The number of para-hydroxylation sites is 1. The number of benzene rings is 2. The second-order valence-electron chi connectivity index (χ2n) is 8.53. The lowest BCUT2D eigenvalue weighted by molar-refractivity contribution is -0.139. The highest BCUT2D eigenvalue weighted by atomic mass is 32.2. The normalized spacial score (nSPS) is 11.5. The second-order valence-corrected chi connectivity index (χ2v) is 9.52. The van der Waals surface area contributed by atoms with Crippen molar-refractivity contribution in [2.75, 3.05) is 17.3 Å². The molecule has 0 aliphatic heterocycles. The summed E-state index contributed by atoms with van der Waals surface area (Å²) in [6.07, 6.45) is 5.77. The first-order valence-corrected chi connectivity index (χ1v) is 13.3. The molecule has 2 aromatic carbocycles. The highest BCUT2D eigenvalue weighted by Crippen LogP contribution is 2.30. The zero-order valence-electron chi connectivity index (χ0n) is 20.8. The van der Waals surface area contributed by atoms with Gasteiger partial charge in [-0.1, -0.05) is 24.3 Å². The van der Waals surface area contributed by atoms with Crippen molar-refractivity contribution in [1.82, 2.24) is 14.9 Å². The number of hydrogen-bond acceptors (Lipinski definition) is 7. The van der Waals surface area contributed by atoms with Crippen LogP contribution in [0, 0.1) is 11.3 Å². The van der Waals surface area contributed by atoms with E-state index in [4.69, 9.17) is 9.68 Å². The molecular weight excluding hydrogens is 502 g/mol. The Morgan fingerprint density at radius 2 is 1.95 bits per heavy atom. The van der Waals surface area contributed by atoms with E-state index in [9.17, 15) is 14.7 Å². The van der Waals surface area contributed by atoms with Gasteiger partial charge in [-0.15, -0.1) is 0 Å². The number of amides is 1. The van der Waals surface area contributed by atoms with E-state index in [1.54, 1.807) is 36.8 Å². The lowest BCUT2D eigenvalue weighted by Gasteiger charge is -2.13. The Bertz CT molecular complexity index is 1440. The number of carboxylic acids is 1. The van der Waals surface area contributed by atoms with Crippen LogP contribution in [-0.4, -0.2) is 44.6 Å². The maximum absolute atomic E-state index is 12.6. The SMILES string of the molecule is CSCCC(NC(=O)c1ccc(-c2ccccc2NCc2cncn2Cc2ccc(C#N)cc2)o1)C(=O)O. The summed E-state index contributed by atoms with van der Waals surface area (Å²) in [5, 5.41) is 24.4. The average molecular weight is 530 g/mol. The molecule has 1 atom stereocenters. The molecule has 0 saturated carbocycles. The number of anilines is 1. The first kappa shape index (κ1) is 26.6. The molecule has 3 N–H and O–H groups in total. The Hall–Kier alpha value is -4.49. The van der Waals surface area contributed by atoms with Gasteiger partial charge in [-0.25, -0.2) is 9.78 Å². The van der Waals surface area contributed by atoms with Crippen LogP contribution < -0.4 is 10.6 Å². The number of hydrogen-bond donors (Lipinski definition) is 3. The van der Waals surface area contributed by atoms with Gasteiger partial charge in [-0.05, 0) is 60.4 Å². The first-order valence-electron chi connectivity index (χ1n) is 11.9. The Morgan fingerprint density at radius 3 is 2.68 bits per heavy atom. The van der Waals surface area contributed by atoms with Crippen LogP contribution in [0.3, 0.4) is 0 Å². The Labute approximate surface area is 224 Å². The van der Waals surface area contributed by atoms with Crippen molar-refractivity contribution in [3.63, 3.8) is 0 Å². The van der Waals surface area contributed by atoms with Gasteiger partial charge in [-0.2, -0.15) is 17.0 Å². The smallest absolute Gasteiger partial charge is 0.326 e. The summed E-state index contributed by atoms with van der Waals surface area (Å²) in [6.45, 7) is 1.12. The lowest BCUT2D eigenvalue weighted by atomic mass is 10.1. The number of furan rings is 1. The molecule has 0 radical (unpaired) electrons. The zero-order chi connectivity index (χ0) is 26.9. The number of nitrogens with zero attached hydrogens (tertiary/aromatic N) is 3. The Morgan fingerprint density at radius 1 is 1.16 bits per heavy atom. The fourth-order valence-corrected chi connectivity index (χ4v) is 4.36. The van der Waals surface area contributed by atoms with E-state index < -0.39 is 17.9 Å². The number of carboxylic acid groups (broad SMARTS) is 1. The van der Waals surface area contributed by atoms with Crippen molar-refractivity contribution in [2.45, 2.75) is 25.6 Å². The van der Waals surface area contributed by atoms with Crippen LogP contribution in [0.25, 0.3) is 11.3 Å². The van der Waals surface area contributed by atoms with Gasteiger partial charge in [0.25, 0.3) is 5.91 Å². The van der Waals surface area contributed by atoms with Crippen LogP contribution in [0.1, 0.15) is 33.8 Å². The third kappa shape index (κ3) is 6.63. The molecule has 0 aliphatic rings. The summed E-state index contributed by atoms with van der Waals surface area (Å²) < 4.78 is 7.86. The molecule has 38 heavy (non-hydrogen) atoms. The van der Waals surface area contributed by atoms with E-state index in [1.165, 1.54) is 11.8 Å². The van der Waals surface area contributed by atoms with Gasteiger partial charge < -0.3 is 24.7 Å². The van der Waals surface area contributed by atoms with Crippen molar-refractivity contribution in [3.05, 3.63) is 95.8 Å². The number of nitriles is 1. The predicted octanol–water partition coefficient (Wildman–Crippen LogP) is 4.61. The number of nitrogens with one attached hydrogen (secondary N) is 2. The molecule has 1 amide bonds. The summed E-state index contributed by atoms with van der Waals surface area (Å²) in [5.41, 5.74) is 4.22. The molecule has 2 aromatic heterocycles. The number of rotatable bonds is 12. The molecule has 0 spiro atoms. The van der Waals surface area contributed by atoms with Crippen LogP contribution in [0.2, 0.25) is 0 Å². The fourth-order valence-electron chi connectivity index (χ4n) is 3.88. The predicted molar refractivity (Wildman–Crippen MR) is 146 cm³/mol. The molecular formula is C28H27N5O4S. The first-order chi connectivity index (χ1) is 18.5. The van der Waals surface area contributed by atoms with Crippen molar-refractivity contribution < 1.29 is 19.1 Å². The highest BCUT2D eigenvalue weighted by molar-refractivity contribution is 7.98. The molecule has 4 rings (SSSR count). The fraction of sp³-hybridized carbons (Fsp3) is 0.214. The standard InChI is InChI=1S/C28H27N5O4S/c1-38-13-12-24(28(35)36)32-27(34)26-11-10-25(37-26)22-4-2-3-5-23(22)31-16-21-15-30-18-33(21)17-20-8-6-19(14-29)7-9-20/h2-11,15,18,24,31H,12-13,16-17H2,1H3,(H,32,34)(H,35,36). The van der Waals surface area contributed by atoms with Gasteiger partial charge in [0.2, 0.25) is 0 Å². The number of imidazole rings is 1. The molecule has 0 saturated heterocycles. The summed E-state index contributed by atoms with van der Waals surface area (Å²) >= 11 is 1.52. The Balaban J connectivity index is 1.44. The van der Waals surface area contributed by atoms with Gasteiger partial charge in [-0.3, -0.25) is 4.79 Å². The van der Waals surface area contributed by atoms with E-state index in [0.717, 1.165) is 22.5 Å². The van der Waals surface area contributed by atoms with Crippen LogP contribution in [-0.2, 0) is 17.9 Å². The maximum atomic E-state index is 12.6. The van der Waals surface area contributed by atoms with Crippen molar-refractivity contribution in [1.29, 1.82) is 5.26 Å². The third-order valence-corrected chi connectivity index (χ3v) is 6.57. The maximum Gasteiger partial charge on any atom is 0.326 e. The van der Waals surface area contributed by atoms with Gasteiger partial charge in [0, 0.05) is 24.0 Å². The molecule has 0 fully saturated rings. The van der Waals surface area contributed by atoms with Crippen LogP contribution in [0.15, 0.2) is 77.6 Å². The summed E-state index contributed by atoms with van der Waals surface area (Å²) in [7, 11) is 0. The largest absolute Gasteiger partial charge is 0.480 e. The molecule has 4 aromatic rings. The number of carbonyl (C=O) groups excluding carboxylic acids is 1. The number of aromatic nitrogens is 2. The number of carbonyl (C=O) groups is 2. The molecule has 10 heteroatoms. The van der Waals surface area contributed by atoms with Gasteiger partial charge in [0.1, 0.15) is 11.8 Å². The molecule has 1 unspecified atom stereocenters. The zero-order valence-corrected chi connectivity index (χ0v) is 21.6. The monoisotopic (exact) mass is 529 g/mol. The van der Waals surface area contributed by atoms with Gasteiger partial charge >= 0.3 is 5.97 Å². The topological polar surface area (TPSA) is 133 Å². The molecule has 194 valence electrons. The van der Waals surface area contributed by atoms with Crippen molar-refractivity contribution >= 4 is 29.3 Å². The minimum atomic E-state index is -1.08. The Kier molecular flexibility index (Phi) is 8.85. The summed E-state index contributed by atoms with van der Waals surface area (Å²) in [4.78, 5) is 28.4. The van der Waals surface area contributed by atoms with Gasteiger partial charge in [0.05, 0.1) is 30.2 Å².